The van der Waals surface area contributed by atoms with Gasteiger partial charge in [0.2, 0.25) is 0 Å². The van der Waals surface area contributed by atoms with Gasteiger partial charge in [0.05, 0.1) is 17.8 Å². The monoisotopic (exact) mass is 479 g/mol. The molecule has 3 aromatic carbocycles. The molecule has 0 saturated carbocycles. The highest BCUT2D eigenvalue weighted by Gasteiger charge is 2.24. The van der Waals surface area contributed by atoms with Gasteiger partial charge in [0.15, 0.2) is 0 Å². The minimum atomic E-state index is -0.579. The lowest BCUT2D eigenvalue weighted by molar-refractivity contribution is 0.0956. The van der Waals surface area contributed by atoms with Crippen LogP contribution in [0.5, 0.6) is 5.75 Å². The van der Waals surface area contributed by atoms with Crippen LogP contribution in [0.3, 0.4) is 0 Å². The molecule has 1 atom stereocenters. The minimum Gasteiger partial charge on any atom is -0.508 e. The molecule has 166 valence electrons. The Morgan fingerprint density at radius 2 is 1.91 bits per heavy atom. The molecule has 6 nitrogen and oxygen atoms in total. The Morgan fingerprint density at radius 3 is 2.73 bits per heavy atom. The molecule has 9 heteroatoms. The third-order valence-electron chi connectivity index (χ3n) is 5.20. The van der Waals surface area contributed by atoms with Gasteiger partial charge in [-0.15, -0.1) is 0 Å². The first kappa shape index (κ1) is 21.4. The molecule has 0 spiro atoms. The topological polar surface area (TPSA) is 90.5 Å². The fourth-order valence-corrected chi connectivity index (χ4v) is 5.59. The summed E-state index contributed by atoms with van der Waals surface area (Å²) in [6.07, 6.45) is 1.86. The third-order valence-corrected chi connectivity index (χ3v) is 7.54. The number of thioether (sulfide) groups is 1. The quantitative estimate of drug-likeness (QED) is 0.428. The normalized spacial score (nSPS) is 16.6. The number of aromatic hydroxyl groups is 1. The second-order valence-corrected chi connectivity index (χ2v) is 9.74. The highest BCUT2D eigenvalue weighted by Crippen LogP contribution is 2.40. The Bertz CT molecular complexity index is 1290. The zero-order valence-electron chi connectivity index (χ0n) is 17.1. The van der Waals surface area contributed by atoms with E-state index in [0.717, 1.165) is 15.4 Å². The fourth-order valence-electron chi connectivity index (χ4n) is 3.53. The molecule has 33 heavy (non-hydrogen) atoms. The van der Waals surface area contributed by atoms with Crippen LogP contribution >= 0.6 is 23.5 Å². The van der Waals surface area contributed by atoms with Gasteiger partial charge in [-0.1, -0.05) is 41.7 Å². The van der Waals surface area contributed by atoms with E-state index in [1.54, 1.807) is 54.2 Å². The van der Waals surface area contributed by atoms with E-state index in [1.807, 2.05) is 18.3 Å². The lowest BCUT2D eigenvalue weighted by Crippen LogP contribution is -2.25. The molecule has 2 amide bonds. The Morgan fingerprint density at radius 1 is 1.09 bits per heavy atom. The Hall–Kier alpha value is -3.43. The van der Waals surface area contributed by atoms with E-state index in [0.29, 0.717) is 22.7 Å². The number of amides is 2. The number of carbonyl (C=O) groups excluding carboxylic acids is 2. The first-order chi connectivity index (χ1) is 16.0. The summed E-state index contributed by atoms with van der Waals surface area (Å²) in [4.78, 5) is 27.5. The SMILES string of the molecule is O=C(NCC1=CNC(c2ccc(O)cc2)S1)c1ccc2c(c1)NC(=O)c1c(F)cccc1S2. The van der Waals surface area contributed by atoms with Crippen molar-refractivity contribution in [1.29, 1.82) is 0 Å². The van der Waals surface area contributed by atoms with Crippen molar-refractivity contribution < 1.29 is 19.1 Å². The van der Waals surface area contributed by atoms with Crippen molar-refractivity contribution in [1.82, 2.24) is 10.6 Å². The number of nitrogens with one attached hydrogen (secondary N) is 3. The summed E-state index contributed by atoms with van der Waals surface area (Å²) in [5, 5.41) is 18.3. The molecule has 2 aliphatic heterocycles. The molecule has 3 aromatic rings. The highest BCUT2D eigenvalue weighted by molar-refractivity contribution is 8.03. The largest absolute Gasteiger partial charge is 0.508 e. The molecule has 1 unspecified atom stereocenters. The van der Waals surface area contributed by atoms with Gasteiger partial charge in [-0.2, -0.15) is 0 Å². The van der Waals surface area contributed by atoms with Crippen molar-refractivity contribution in [3.8, 4) is 5.75 Å². The van der Waals surface area contributed by atoms with Crippen LogP contribution in [0.25, 0.3) is 0 Å². The molecule has 2 aliphatic rings. The number of carbonyl (C=O) groups is 2. The number of phenols is 1. The number of hydrogen-bond donors (Lipinski definition) is 4. The molecular formula is C24H18FN3O3S2. The number of anilines is 1. The average molecular weight is 480 g/mol. The third kappa shape index (κ3) is 4.42. The van der Waals surface area contributed by atoms with E-state index >= 15 is 0 Å². The van der Waals surface area contributed by atoms with Crippen LogP contribution in [-0.4, -0.2) is 23.5 Å². The summed E-state index contributed by atoms with van der Waals surface area (Å²) in [7, 11) is 0. The average Bonchev–Trinajstić information content (AvgIpc) is 3.22. The van der Waals surface area contributed by atoms with Crippen LogP contribution in [0.4, 0.5) is 10.1 Å². The van der Waals surface area contributed by atoms with E-state index in [9.17, 15) is 19.1 Å². The molecule has 4 N–H and O–H groups in total. The van der Waals surface area contributed by atoms with Crippen LogP contribution in [0.2, 0.25) is 0 Å². The molecule has 0 aliphatic carbocycles. The van der Waals surface area contributed by atoms with Crippen LogP contribution in [0.15, 0.2) is 81.6 Å². The number of phenolic OH excluding ortho intramolecular Hbond substituents is 1. The van der Waals surface area contributed by atoms with Gasteiger partial charge < -0.3 is 21.1 Å². The summed E-state index contributed by atoms with van der Waals surface area (Å²) in [6, 6.07) is 16.5. The van der Waals surface area contributed by atoms with Crippen molar-refractivity contribution in [3.05, 3.63) is 94.3 Å². The Balaban J connectivity index is 1.24. The maximum atomic E-state index is 14.2. The predicted octanol–water partition coefficient (Wildman–Crippen LogP) is 4.85. The summed E-state index contributed by atoms with van der Waals surface area (Å²) in [6.45, 7) is 0.347. The Labute approximate surface area is 197 Å². The fraction of sp³-hybridized carbons (Fsp3) is 0.0833. The van der Waals surface area contributed by atoms with E-state index in [1.165, 1.54) is 17.8 Å². The zero-order valence-corrected chi connectivity index (χ0v) is 18.7. The maximum absolute atomic E-state index is 14.2. The van der Waals surface area contributed by atoms with Crippen molar-refractivity contribution >= 4 is 41.0 Å². The number of halogens is 1. The van der Waals surface area contributed by atoms with Gasteiger partial charge in [-0.25, -0.2) is 4.39 Å². The van der Waals surface area contributed by atoms with Gasteiger partial charge >= 0.3 is 0 Å². The molecular weight excluding hydrogens is 461 g/mol. The van der Waals surface area contributed by atoms with Crippen LogP contribution in [0.1, 0.15) is 31.7 Å². The van der Waals surface area contributed by atoms with Gasteiger partial charge in [0, 0.05) is 26.5 Å². The van der Waals surface area contributed by atoms with Crippen LogP contribution in [0, 0.1) is 5.82 Å². The first-order valence-electron chi connectivity index (χ1n) is 10.1. The van der Waals surface area contributed by atoms with Crippen molar-refractivity contribution in [2.75, 3.05) is 11.9 Å². The summed E-state index contributed by atoms with van der Waals surface area (Å²) >= 11 is 2.87. The number of fused-ring (bicyclic) bond motifs is 2. The lowest BCUT2D eigenvalue weighted by Gasteiger charge is -2.12. The predicted molar refractivity (Wildman–Crippen MR) is 127 cm³/mol. The van der Waals surface area contributed by atoms with Crippen molar-refractivity contribution in [2.45, 2.75) is 15.2 Å². The van der Waals surface area contributed by atoms with Gasteiger partial charge in [-0.3, -0.25) is 9.59 Å². The van der Waals surface area contributed by atoms with Gasteiger partial charge in [0.25, 0.3) is 11.8 Å². The number of benzene rings is 3. The molecule has 0 saturated heterocycles. The standard InChI is InChI=1S/C24H18FN3O3S2/c25-17-2-1-3-20-21(17)23(31)28-18-10-14(6-9-19(18)33-20)22(30)26-11-16-12-27-24(32-16)13-4-7-15(29)8-5-13/h1-10,12,24,27,29H,11H2,(H,26,30)(H,28,31). The molecule has 0 aromatic heterocycles. The highest BCUT2D eigenvalue weighted by atomic mass is 32.2. The van der Waals surface area contributed by atoms with Gasteiger partial charge in [0.1, 0.15) is 16.9 Å². The first-order valence-corrected chi connectivity index (χ1v) is 11.8. The minimum absolute atomic E-state index is 0.00517. The summed E-state index contributed by atoms with van der Waals surface area (Å²) < 4.78 is 14.2. The second-order valence-electron chi connectivity index (χ2n) is 7.43. The van der Waals surface area contributed by atoms with Crippen LogP contribution < -0.4 is 16.0 Å². The number of rotatable bonds is 4. The van der Waals surface area contributed by atoms with Crippen molar-refractivity contribution in [3.63, 3.8) is 0 Å². The Kier molecular flexibility index (Phi) is 5.74. The van der Waals surface area contributed by atoms with E-state index < -0.39 is 11.7 Å². The van der Waals surface area contributed by atoms with E-state index in [-0.39, 0.29) is 22.6 Å². The van der Waals surface area contributed by atoms with Gasteiger partial charge in [-0.05, 0) is 48.0 Å². The maximum Gasteiger partial charge on any atom is 0.259 e. The zero-order chi connectivity index (χ0) is 22.9. The lowest BCUT2D eigenvalue weighted by atomic mass is 10.1. The van der Waals surface area contributed by atoms with Crippen LogP contribution in [-0.2, 0) is 0 Å². The smallest absolute Gasteiger partial charge is 0.259 e. The van der Waals surface area contributed by atoms with Crippen molar-refractivity contribution in [2.24, 2.45) is 0 Å². The van der Waals surface area contributed by atoms with E-state index in [4.69, 9.17) is 0 Å². The number of hydrogen-bond acceptors (Lipinski definition) is 6. The molecule has 0 radical (unpaired) electrons. The summed E-state index contributed by atoms with van der Waals surface area (Å²) in [5.41, 5.74) is 1.89. The molecule has 0 fully saturated rings. The molecule has 0 bridgehead atoms. The second kappa shape index (κ2) is 8.84. The molecule has 2 heterocycles. The van der Waals surface area contributed by atoms with E-state index in [2.05, 4.69) is 16.0 Å². The summed E-state index contributed by atoms with van der Waals surface area (Å²) in [5.74, 6) is -1.18. The molecule has 5 rings (SSSR count).